The molecule has 1 saturated carbocycles. The van der Waals surface area contributed by atoms with E-state index in [1.54, 1.807) is 0 Å². The molecule has 3 aromatic heterocycles. The largest absolute Gasteiger partial charge is 0.349 e. The number of likely N-dealkylation sites (N-methyl/N-ethyl adjacent to an activating group) is 1. The number of imidazole rings is 1. The molecular formula is C52H49N6+. The van der Waals surface area contributed by atoms with E-state index < -0.39 is 0 Å². The van der Waals surface area contributed by atoms with Gasteiger partial charge < -0.3 is 9.80 Å². The first-order valence-electron chi connectivity index (χ1n) is 21.3. The number of benzene rings is 5. The summed E-state index contributed by atoms with van der Waals surface area (Å²) in [6.45, 7) is 13.9. The van der Waals surface area contributed by atoms with Gasteiger partial charge in [0.2, 0.25) is 0 Å². The summed E-state index contributed by atoms with van der Waals surface area (Å²) in [4.78, 5) is 15.4. The lowest BCUT2D eigenvalue weighted by molar-refractivity contribution is -0.774. The summed E-state index contributed by atoms with van der Waals surface area (Å²) in [5.74, 6) is 2.44. The van der Waals surface area contributed by atoms with Crippen LogP contribution in [0.25, 0.3) is 50.0 Å². The van der Waals surface area contributed by atoms with Crippen molar-refractivity contribution in [2.45, 2.75) is 83.8 Å². The van der Waals surface area contributed by atoms with Crippen molar-refractivity contribution >= 4 is 44.5 Å². The van der Waals surface area contributed by atoms with Gasteiger partial charge in [-0.25, -0.2) is 14.5 Å². The van der Waals surface area contributed by atoms with Gasteiger partial charge in [-0.1, -0.05) is 104 Å². The fourth-order valence-corrected chi connectivity index (χ4v) is 13.1. The molecule has 6 heterocycles. The van der Waals surface area contributed by atoms with Gasteiger partial charge in [-0.05, 0) is 98.9 Å². The summed E-state index contributed by atoms with van der Waals surface area (Å²) in [7, 11) is 2.28. The van der Waals surface area contributed by atoms with Crippen molar-refractivity contribution in [3.63, 3.8) is 0 Å². The number of pyridine rings is 1. The summed E-state index contributed by atoms with van der Waals surface area (Å²) in [5, 5.41) is 4.12. The average molecular weight is 758 g/mol. The Bertz CT molecular complexity index is 3070. The third kappa shape index (κ3) is 3.87. The van der Waals surface area contributed by atoms with E-state index in [1.807, 2.05) is 0 Å². The maximum atomic E-state index is 5.40. The van der Waals surface area contributed by atoms with Crippen molar-refractivity contribution in [1.29, 1.82) is 0 Å². The zero-order valence-corrected chi connectivity index (χ0v) is 34.5. The molecule has 0 amide bonds. The fourth-order valence-electron chi connectivity index (χ4n) is 13.1. The third-order valence-electron chi connectivity index (χ3n) is 15.5. The van der Waals surface area contributed by atoms with Crippen molar-refractivity contribution in [3.05, 3.63) is 149 Å². The Morgan fingerprint density at radius 2 is 1.53 bits per heavy atom. The van der Waals surface area contributed by atoms with E-state index in [-0.39, 0.29) is 23.0 Å². The molecule has 5 unspecified atom stereocenters. The number of rotatable bonds is 5. The van der Waals surface area contributed by atoms with E-state index in [2.05, 4.69) is 183 Å². The number of aromatic nitrogens is 4. The SMILES string of the molecule is CCC12c3cccc4c5cc(C)ccc5n5c(-c6c(C)cccc6C)c[n+](c5c34)C1(CC)CC2C1c2ccccc2N2c3nc(-c4ccccc4C)ncc3N(C)C12. The zero-order valence-electron chi connectivity index (χ0n) is 34.5. The second-order valence-electron chi connectivity index (χ2n) is 17.8. The van der Waals surface area contributed by atoms with E-state index in [9.17, 15) is 0 Å². The van der Waals surface area contributed by atoms with Crippen LogP contribution in [-0.2, 0) is 11.0 Å². The van der Waals surface area contributed by atoms with E-state index in [0.717, 1.165) is 42.2 Å². The first-order valence-corrected chi connectivity index (χ1v) is 21.3. The van der Waals surface area contributed by atoms with Gasteiger partial charge in [-0.2, -0.15) is 4.40 Å². The highest BCUT2D eigenvalue weighted by atomic mass is 15.5. The van der Waals surface area contributed by atoms with Crippen LogP contribution >= 0.6 is 0 Å². The van der Waals surface area contributed by atoms with E-state index in [4.69, 9.17) is 9.97 Å². The Hall–Kier alpha value is -6.01. The van der Waals surface area contributed by atoms with Gasteiger partial charge in [0.05, 0.1) is 11.6 Å². The van der Waals surface area contributed by atoms with Gasteiger partial charge in [0.15, 0.2) is 17.3 Å². The Kier molecular flexibility index (Phi) is 6.79. The molecule has 6 heteroatoms. The van der Waals surface area contributed by atoms with Crippen LogP contribution in [0.4, 0.5) is 17.2 Å². The molecule has 0 bridgehead atoms. The van der Waals surface area contributed by atoms with Gasteiger partial charge >= 0.3 is 0 Å². The number of nitrogens with zero attached hydrogens (tertiary/aromatic N) is 6. The monoisotopic (exact) mass is 757 g/mol. The minimum Gasteiger partial charge on any atom is -0.349 e. The van der Waals surface area contributed by atoms with Crippen molar-refractivity contribution in [3.8, 4) is 22.6 Å². The molecule has 8 aromatic rings. The number of hydrogen-bond acceptors (Lipinski definition) is 4. The minimum atomic E-state index is -0.113. The van der Waals surface area contributed by atoms with Crippen LogP contribution in [0.1, 0.15) is 72.4 Å². The van der Waals surface area contributed by atoms with Gasteiger partial charge in [0.25, 0.3) is 5.65 Å². The molecule has 58 heavy (non-hydrogen) atoms. The topological polar surface area (TPSA) is 40.6 Å². The van der Waals surface area contributed by atoms with Crippen LogP contribution < -0.4 is 14.4 Å². The predicted octanol–water partition coefficient (Wildman–Crippen LogP) is 11.4. The molecule has 5 atom stereocenters. The summed E-state index contributed by atoms with van der Waals surface area (Å²) in [6.07, 6.45) is 7.95. The number of anilines is 3. The molecule has 3 aliphatic heterocycles. The van der Waals surface area contributed by atoms with Crippen molar-refractivity contribution in [2.75, 3.05) is 16.8 Å². The lowest BCUT2D eigenvalue weighted by atomic mass is 9.39. The van der Waals surface area contributed by atoms with E-state index in [1.165, 1.54) is 77.6 Å². The minimum absolute atomic E-state index is 0.0983. The molecule has 5 aromatic carbocycles. The highest BCUT2D eigenvalue weighted by molar-refractivity contribution is 6.14. The van der Waals surface area contributed by atoms with Crippen LogP contribution in [0.3, 0.4) is 0 Å². The summed E-state index contributed by atoms with van der Waals surface area (Å²) < 4.78 is 5.44. The molecule has 0 N–H and O–H groups in total. The smallest absolute Gasteiger partial charge is 0.296 e. The molecule has 12 rings (SSSR count). The maximum absolute atomic E-state index is 5.40. The summed E-state index contributed by atoms with van der Waals surface area (Å²) >= 11 is 0. The highest BCUT2D eigenvalue weighted by Crippen LogP contribution is 2.71. The lowest BCUT2D eigenvalue weighted by Crippen LogP contribution is -2.79. The summed E-state index contributed by atoms with van der Waals surface area (Å²) in [5.41, 5.74) is 16.6. The first-order chi connectivity index (χ1) is 28.2. The maximum Gasteiger partial charge on any atom is 0.296 e. The number of aryl methyl sites for hydroxylation is 4. The molecule has 4 aliphatic rings. The van der Waals surface area contributed by atoms with Crippen molar-refractivity contribution in [2.24, 2.45) is 5.92 Å². The highest BCUT2D eigenvalue weighted by Gasteiger charge is 2.74. The quantitative estimate of drug-likeness (QED) is 0.129. The average Bonchev–Trinajstić information content (AvgIpc) is 3.87. The lowest BCUT2D eigenvalue weighted by Gasteiger charge is -2.66. The fraction of sp³-hybridized carbons (Fsp3) is 0.288. The van der Waals surface area contributed by atoms with Crippen molar-refractivity contribution < 1.29 is 4.57 Å². The van der Waals surface area contributed by atoms with Gasteiger partial charge in [-0.15, -0.1) is 0 Å². The second kappa shape index (κ2) is 11.6. The van der Waals surface area contributed by atoms with Crippen LogP contribution in [-0.4, -0.2) is 27.6 Å². The molecule has 0 radical (unpaired) electrons. The molecule has 286 valence electrons. The zero-order chi connectivity index (χ0) is 39.4. The number of hydrogen-bond donors (Lipinski definition) is 0. The predicted molar refractivity (Wildman–Crippen MR) is 236 cm³/mol. The molecule has 1 aliphatic carbocycles. The molecule has 1 fully saturated rings. The Morgan fingerprint density at radius 3 is 2.33 bits per heavy atom. The van der Waals surface area contributed by atoms with Crippen LogP contribution in [0.15, 0.2) is 116 Å². The molecule has 0 spiro atoms. The van der Waals surface area contributed by atoms with Crippen molar-refractivity contribution in [1.82, 2.24) is 14.4 Å². The number of fused-ring (bicyclic) bond motifs is 11. The van der Waals surface area contributed by atoms with Crippen LogP contribution in [0, 0.1) is 33.6 Å². The second-order valence-corrected chi connectivity index (χ2v) is 17.8. The number of para-hydroxylation sites is 1. The molecule has 0 saturated heterocycles. The van der Waals surface area contributed by atoms with Gasteiger partial charge in [0.1, 0.15) is 29.1 Å². The van der Waals surface area contributed by atoms with E-state index >= 15 is 0 Å². The van der Waals surface area contributed by atoms with Gasteiger partial charge in [0, 0.05) is 46.0 Å². The standard InChI is InChI=1S/C52H49N6/c1-8-51-27-39(46-36-20-12-13-23-40(36)58-48-42(55(7)49(46)58)28-53-47(54-48)34-19-11-10-16-31(34)4)52(51,9-2)38-22-15-21-35-37-26-30(3)24-25-41(37)57-43(29-56(51)50(57)45(35)38)44-32(5)17-14-18-33(44)6/h10-26,28-29,39,46,49H,8-9,27H2,1-7H3/q+1. The Labute approximate surface area is 340 Å². The molecular weight excluding hydrogens is 709 g/mol. The Balaban J connectivity index is 1.12. The molecule has 6 nitrogen and oxygen atoms in total. The van der Waals surface area contributed by atoms with Crippen LogP contribution in [0.5, 0.6) is 0 Å². The van der Waals surface area contributed by atoms with Crippen LogP contribution in [0.2, 0.25) is 0 Å². The van der Waals surface area contributed by atoms with Gasteiger partial charge in [-0.3, -0.25) is 0 Å². The van der Waals surface area contributed by atoms with E-state index in [0.29, 0.717) is 5.92 Å². The first kappa shape index (κ1) is 34.1. The Morgan fingerprint density at radius 1 is 0.776 bits per heavy atom. The summed E-state index contributed by atoms with van der Waals surface area (Å²) in [6, 6.07) is 38.8. The third-order valence-corrected chi connectivity index (χ3v) is 15.5. The normalized spacial score (nSPS) is 23.7.